The zero-order valence-corrected chi connectivity index (χ0v) is 11.4. The van der Waals surface area contributed by atoms with E-state index in [1.807, 2.05) is 11.8 Å². The third-order valence-corrected chi connectivity index (χ3v) is 4.20. The van der Waals surface area contributed by atoms with Crippen LogP contribution in [0.4, 0.5) is 19.0 Å². The van der Waals surface area contributed by atoms with Crippen LogP contribution in [0.3, 0.4) is 0 Å². The van der Waals surface area contributed by atoms with Gasteiger partial charge in [0.1, 0.15) is 5.52 Å². The van der Waals surface area contributed by atoms with Gasteiger partial charge in [0.25, 0.3) is 0 Å². The van der Waals surface area contributed by atoms with Crippen molar-refractivity contribution in [2.45, 2.75) is 18.3 Å². The molecule has 0 bridgehead atoms. The Kier molecular flexibility index (Phi) is 3.23. The number of rotatable bonds is 1. The summed E-state index contributed by atoms with van der Waals surface area (Å²) in [5.74, 6) is 0.00672. The van der Waals surface area contributed by atoms with Crippen LogP contribution in [-0.4, -0.2) is 44.0 Å². The summed E-state index contributed by atoms with van der Waals surface area (Å²) in [5, 5.41) is 0.353. The van der Waals surface area contributed by atoms with Crippen LogP contribution in [0.5, 0.6) is 0 Å². The summed E-state index contributed by atoms with van der Waals surface area (Å²) in [7, 11) is 0. The van der Waals surface area contributed by atoms with E-state index in [-0.39, 0.29) is 11.5 Å². The highest BCUT2D eigenvalue weighted by atomic mass is 32.2. The first-order chi connectivity index (χ1) is 9.45. The number of anilines is 1. The molecule has 1 unspecified atom stereocenters. The van der Waals surface area contributed by atoms with Crippen LogP contribution in [0.2, 0.25) is 0 Å². The number of hydrogen-bond acceptors (Lipinski definition) is 5. The van der Waals surface area contributed by atoms with Crippen LogP contribution >= 0.6 is 11.8 Å². The summed E-state index contributed by atoms with van der Waals surface area (Å²) in [6.45, 7) is 3.37. The van der Waals surface area contributed by atoms with Crippen molar-refractivity contribution in [3.8, 4) is 0 Å². The number of fused-ring (bicyclic) bond motifs is 1. The van der Waals surface area contributed by atoms with Gasteiger partial charge in [0.05, 0.1) is 6.33 Å². The van der Waals surface area contributed by atoms with Crippen LogP contribution < -0.4 is 4.90 Å². The molecule has 20 heavy (non-hydrogen) atoms. The van der Waals surface area contributed by atoms with E-state index in [0.29, 0.717) is 23.9 Å². The van der Waals surface area contributed by atoms with Crippen molar-refractivity contribution in [1.82, 2.24) is 19.9 Å². The Morgan fingerprint density at radius 1 is 1.40 bits per heavy atom. The van der Waals surface area contributed by atoms with Crippen molar-refractivity contribution < 1.29 is 13.2 Å². The maximum Gasteiger partial charge on any atom is 0.451 e. The number of imidazole rings is 1. The Bertz CT molecular complexity index is 626. The molecule has 0 saturated carbocycles. The molecule has 1 saturated heterocycles. The number of nitrogens with one attached hydrogen (secondary N) is 1. The van der Waals surface area contributed by atoms with E-state index < -0.39 is 12.0 Å². The minimum absolute atomic E-state index is 0.0493. The molecule has 0 aromatic carbocycles. The van der Waals surface area contributed by atoms with Crippen molar-refractivity contribution in [2.75, 3.05) is 23.7 Å². The summed E-state index contributed by atoms with van der Waals surface area (Å²) in [6.07, 6.45) is -3.23. The highest BCUT2D eigenvalue weighted by Crippen LogP contribution is 2.32. The average molecular weight is 303 g/mol. The molecule has 5 nitrogen and oxygen atoms in total. The second-order valence-electron chi connectivity index (χ2n) is 4.60. The quantitative estimate of drug-likeness (QED) is 0.876. The maximum absolute atomic E-state index is 12.9. The Morgan fingerprint density at radius 2 is 2.20 bits per heavy atom. The van der Waals surface area contributed by atoms with E-state index in [4.69, 9.17) is 0 Å². The topological polar surface area (TPSA) is 57.7 Å². The lowest BCUT2D eigenvalue weighted by molar-refractivity contribution is -0.144. The number of H-pyrrole nitrogens is 1. The van der Waals surface area contributed by atoms with Gasteiger partial charge >= 0.3 is 6.18 Å². The molecule has 3 heterocycles. The molecular formula is C11H12F3N5S. The first kappa shape index (κ1) is 13.5. The van der Waals surface area contributed by atoms with Crippen molar-refractivity contribution in [3.63, 3.8) is 0 Å². The number of aromatic amines is 1. The molecule has 0 aliphatic carbocycles. The van der Waals surface area contributed by atoms with Gasteiger partial charge in [-0.2, -0.15) is 24.9 Å². The molecule has 2 aromatic heterocycles. The fourth-order valence-corrected chi connectivity index (χ4v) is 3.20. The van der Waals surface area contributed by atoms with Crippen molar-refractivity contribution in [3.05, 3.63) is 12.2 Å². The molecular weight excluding hydrogens is 291 g/mol. The number of halogens is 3. The fraction of sp³-hybridized carbons (Fsp3) is 0.545. The SMILES string of the molecule is CC1CN(c2nc(C(F)(F)F)nc3nc[nH]c23)CCS1. The van der Waals surface area contributed by atoms with Crippen LogP contribution in [0.25, 0.3) is 11.2 Å². The molecule has 1 fully saturated rings. The summed E-state index contributed by atoms with van der Waals surface area (Å²) < 4.78 is 38.6. The highest BCUT2D eigenvalue weighted by Gasteiger charge is 2.36. The summed E-state index contributed by atoms with van der Waals surface area (Å²) in [6, 6.07) is 0. The predicted octanol–water partition coefficient (Wildman–Crippen LogP) is 2.31. The van der Waals surface area contributed by atoms with Gasteiger partial charge in [-0.1, -0.05) is 6.92 Å². The number of hydrogen-bond donors (Lipinski definition) is 1. The minimum Gasteiger partial charge on any atom is -0.353 e. The van der Waals surface area contributed by atoms with Gasteiger partial charge < -0.3 is 9.88 Å². The standard InChI is InChI=1S/C11H12F3N5S/c1-6-4-19(2-3-20-6)9-7-8(16-5-15-7)17-10(18-9)11(12,13)14/h5-6H,2-4H2,1H3,(H,15,16,17,18). The fourth-order valence-electron chi connectivity index (χ4n) is 2.18. The first-order valence-corrected chi connectivity index (χ1v) is 7.15. The van der Waals surface area contributed by atoms with Gasteiger partial charge in [0.15, 0.2) is 11.5 Å². The Balaban J connectivity index is 2.10. The zero-order valence-electron chi connectivity index (χ0n) is 10.6. The monoisotopic (exact) mass is 303 g/mol. The van der Waals surface area contributed by atoms with Crippen LogP contribution in [-0.2, 0) is 6.18 Å². The molecule has 1 N–H and O–H groups in total. The van der Waals surface area contributed by atoms with Crippen LogP contribution in [0.15, 0.2) is 6.33 Å². The normalized spacial score (nSPS) is 20.6. The van der Waals surface area contributed by atoms with Gasteiger partial charge in [-0.15, -0.1) is 0 Å². The van der Waals surface area contributed by atoms with E-state index in [1.54, 1.807) is 11.8 Å². The largest absolute Gasteiger partial charge is 0.451 e. The molecule has 1 atom stereocenters. The third kappa shape index (κ3) is 2.41. The smallest absolute Gasteiger partial charge is 0.353 e. The molecule has 108 valence electrons. The molecule has 0 radical (unpaired) electrons. The second kappa shape index (κ2) is 4.80. The van der Waals surface area contributed by atoms with E-state index >= 15 is 0 Å². The number of nitrogens with zero attached hydrogens (tertiary/aromatic N) is 4. The van der Waals surface area contributed by atoms with E-state index in [2.05, 4.69) is 19.9 Å². The third-order valence-electron chi connectivity index (χ3n) is 3.06. The maximum atomic E-state index is 12.9. The number of thioether (sulfide) groups is 1. The van der Waals surface area contributed by atoms with Gasteiger partial charge in [-0.3, -0.25) is 0 Å². The molecule has 0 spiro atoms. The summed E-state index contributed by atoms with van der Waals surface area (Å²) in [4.78, 5) is 15.7. The van der Waals surface area contributed by atoms with Crippen molar-refractivity contribution >= 4 is 28.7 Å². The summed E-state index contributed by atoms with van der Waals surface area (Å²) in [5.41, 5.74) is 0.505. The first-order valence-electron chi connectivity index (χ1n) is 6.10. The molecule has 1 aliphatic heterocycles. The Labute approximate surface area is 117 Å². The molecule has 2 aromatic rings. The zero-order chi connectivity index (χ0) is 14.3. The van der Waals surface area contributed by atoms with Gasteiger partial charge in [0.2, 0.25) is 5.82 Å². The lowest BCUT2D eigenvalue weighted by atomic mass is 10.3. The highest BCUT2D eigenvalue weighted by molar-refractivity contribution is 8.00. The van der Waals surface area contributed by atoms with E-state index in [9.17, 15) is 13.2 Å². The molecule has 9 heteroatoms. The van der Waals surface area contributed by atoms with Gasteiger partial charge in [0, 0.05) is 24.1 Å². The molecule has 1 aliphatic rings. The predicted molar refractivity (Wildman–Crippen MR) is 70.8 cm³/mol. The minimum atomic E-state index is -4.57. The Morgan fingerprint density at radius 3 is 2.90 bits per heavy atom. The number of alkyl halides is 3. The molecule has 0 amide bonds. The lowest BCUT2D eigenvalue weighted by Gasteiger charge is -2.31. The van der Waals surface area contributed by atoms with E-state index in [1.165, 1.54) is 6.33 Å². The second-order valence-corrected chi connectivity index (χ2v) is 6.14. The number of aromatic nitrogens is 4. The van der Waals surface area contributed by atoms with Crippen molar-refractivity contribution in [2.24, 2.45) is 0 Å². The Hall–Kier alpha value is -1.51. The van der Waals surface area contributed by atoms with Crippen LogP contribution in [0.1, 0.15) is 12.7 Å². The van der Waals surface area contributed by atoms with Crippen molar-refractivity contribution in [1.29, 1.82) is 0 Å². The van der Waals surface area contributed by atoms with Crippen LogP contribution in [0, 0.1) is 0 Å². The van der Waals surface area contributed by atoms with E-state index in [0.717, 1.165) is 5.75 Å². The van der Waals surface area contributed by atoms with Gasteiger partial charge in [-0.25, -0.2) is 15.0 Å². The average Bonchev–Trinajstić information content (AvgIpc) is 2.84. The van der Waals surface area contributed by atoms with Gasteiger partial charge in [-0.05, 0) is 0 Å². The summed E-state index contributed by atoms with van der Waals surface area (Å²) >= 11 is 1.80. The molecule has 3 rings (SSSR count). The lowest BCUT2D eigenvalue weighted by Crippen LogP contribution is -2.37.